The second kappa shape index (κ2) is 10.5. The minimum atomic E-state index is -0.655. The first-order valence-electron chi connectivity index (χ1n) is 9.81. The molecule has 5 heteroatoms. The number of hydrogen-bond acceptors (Lipinski definition) is 4. The zero-order chi connectivity index (χ0) is 18.9. The van der Waals surface area contributed by atoms with Crippen molar-refractivity contribution in [3.8, 4) is 5.75 Å². The predicted molar refractivity (Wildman–Crippen MR) is 104 cm³/mol. The van der Waals surface area contributed by atoms with Crippen LogP contribution in [0.2, 0.25) is 0 Å². The lowest BCUT2D eigenvalue weighted by molar-refractivity contribution is -0.125. The average Bonchev–Trinajstić information content (AvgIpc) is 2.68. The Labute approximate surface area is 157 Å². The second-order valence-corrected chi connectivity index (χ2v) is 7.57. The third-order valence-electron chi connectivity index (χ3n) is 5.61. The lowest BCUT2D eigenvalue weighted by Gasteiger charge is -2.28. The van der Waals surface area contributed by atoms with Crippen LogP contribution < -0.4 is 15.8 Å². The predicted octanol–water partition coefficient (Wildman–Crippen LogP) is 2.65. The molecule has 26 heavy (non-hydrogen) atoms. The van der Waals surface area contributed by atoms with Gasteiger partial charge in [-0.15, -0.1) is 0 Å². The summed E-state index contributed by atoms with van der Waals surface area (Å²) in [5.41, 5.74) is 7.32. The molecule has 0 heterocycles. The minimum absolute atomic E-state index is 0.0512. The monoisotopic (exact) mass is 362 g/mol. The molecule has 0 radical (unpaired) electrons. The highest BCUT2D eigenvalue weighted by Gasteiger charge is 2.27. The molecule has 0 spiro atoms. The highest BCUT2D eigenvalue weighted by molar-refractivity contribution is 5.78. The molecule has 1 aliphatic carbocycles. The van der Waals surface area contributed by atoms with Crippen LogP contribution in [-0.4, -0.2) is 37.3 Å². The Kier molecular flexibility index (Phi) is 8.39. The van der Waals surface area contributed by atoms with Gasteiger partial charge in [0.25, 0.3) is 0 Å². The van der Waals surface area contributed by atoms with Gasteiger partial charge in [-0.2, -0.15) is 0 Å². The molecular weight excluding hydrogens is 328 g/mol. The molecule has 3 atom stereocenters. The fourth-order valence-electron chi connectivity index (χ4n) is 3.96. The molecule has 0 saturated heterocycles. The molecule has 0 unspecified atom stereocenters. The van der Waals surface area contributed by atoms with E-state index in [1.54, 1.807) is 14.2 Å². The Morgan fingerprint density at radius 1 is 1.27 bits per heavy atom. The molecule has 2 rings (SSSR count). The summed E-state index contributed by atoms with van der Waals surface area (Å²) in [4.78, 5) is 12.3. The van der Waals surface area contributed by atoms with Gasteiger partial charge in [0.2, 0.25) is 5.91 Å². The summed E-state index contributed by atoms with van der Waals surface area (Å²) >= 11 is 0. The van der Waals surface area contributed by atoms with Gasteiger partial charge in [-0.05, 0) is 42.9 Å². The van der Waals surface area contributed by atoms with Crippen LogP contribution in [0.5, 0.6) is 5.75 Å². The normalized spacial score (nSPS) is 18.8. The van der Waals surface area contributed by atoms with Crippen molar-refractivity contribution in [3.63, 3.8) is 0 Å². The Morgan fingerprint density at radius 2 is 1.92 bits per heavy atom. The highest BCUT2D eigenvalue weighted by Crippen LogP contribution is 2.28. The fraction of sp³-hybridized carbons (Fsp3) is 0.667. The van der Waals surface area contributed by atoms with Crippen molar-refractivity contribution < 1.29 is 14.6 Å². The Balaban J connectivity index is 1.93. The maximum Gasteiger partial charge on any atom is 0.223 e. The van der Waals surface area contributed by atoms with E-state index in [-0.39, 0.29) is 17.9 Å². The van der Waals surface area contributed by atoms with Crippen molar-refractivity contribution in [1.29, 1.82) is 0 Å². The zero-order valence-electron chi connectivity index (χ0n) is 16.1. The zero-order valence-corrected chi connectivity index (χ0v) is 16.1. The molecule has 0 aliphatic heterocycles. The number of aliphatic hydroxyl groups excluding tert-OH is 1. The quantitative estimate of drug-likeness (QED) is 0.630. The summed E-state index contributed by atoms with van der Waals surface area (Å²) in [6.45, 7) is 0. The van der Waals surface area contributed by atoms with Crippen molar-refractivity contribution >= 4 is 5.91 Å². The number of hydrogen-bond donors (Lipinski definition) is 3. The number of aliphatic hydroxyl groups is 1. The van der Waals surface area contributed by atoms with Gasteiger partial charge in [-0.25, -0.2) is 0 Å². The van der Waals surface area contributed by atoms with Crippen LogP contribution in [0.3, 0.4) is 0 Å². The summed E-state index contributed by atoms with van der Waals surface area (Å²) in [6, 6.07) is 7.44. The molecule has 4 N–H and O–H groups in total. The minimum Gasteiger partial charge on any atom is -0.497 e. The van der Waals surface area contributed by atoms with E-state index in [0.29, 0.717) is 18.8 Å². The van der Waals surface area contributed by atoms with Crippen LogP contribution >= 0.6 is 0 Å². The van der Waals surface area contributed by atoms with Crippen LogP contribution in [0.25, 0.3) is 0 Å². The SMILES string of the molecule is CNC(=O)[C@H](Cc1ccc(OC)cc1)C[C@H](O)[C@@H](N)CC1CCCCC1. The van der Waals surface area contributed by atoms with E-state index in [4.69, 9.17) is 10.5 Å². The molecule has 1 fully saturated rings. The molecule has 1 aliphatic rings. The Morgan fingerprint density at radius 3 is 2.50 bits per heavy atom. The summed E-state index contributed by atoms with van der Waals surface area (Å²) in [7, 11) is 3.27. The molecule has 1 amide bonds. The third kappa shape index (κ3) is 6.29. The van der Waals surface area contributed by atoms with Crippen LogP contribution in [0.15, 0.2) is 24.3 Å². The Bertz CT molecular complexity index is 541. The van der Waals surface area contributed by atoms with Crippen molar-refractivity contribution in [1.82, 2.24) is 5.32 Å². The number of rotatable bonds is 9. The van der Waals surface area contributed by atoms with Gasteiger partial charge >= 0.3 is 0 Å². The molecule has 1 aromatic rings. The number of benzene rings is 1. The van der Waals surface area contributed by atoms with E-state index < -0.39 is 6.10 Å². The number of nitrogens with two attached hydrogens (primary N) is 1. The molecular formula is C21H34N2O3. The second-order valence-electron chi connectivity index (χ2n) is 7.57. The summed E-state index contributed by atoms with van der Waals surface area (Å²) < 4.78 is 5.18. The van der Waals surface area contributed by atoms with E-state index in [9.17, 15) is 9.90 Å². The summed E-state index contributed by atoms with van der Waals surface area (Å²) in [6.07, 6.45) is 7.45. The van der Waals surface area contributed by atoms with Crippen molar-refractivity contribution in [2.45, 2.75) is 63.5 Å². The first-order valence-corrected chi connectivity index (χ1v) is 9.81. The lowest BCUT2D eigenvalue weighted by Crippen LogP contribution is -2.41. The van der Waals surface area contributed by atoms with E-state index in [0.717, 1.165) is 17.7 Å². The van der Waals surface area contributed by atoms with Crippen molar-refractivity contribution in [2.24, 2.45) is 17.6 Å². The van der Waals surface area contributed by atoms with Gasteiger partial charge in [0.1, 0.15) is 5.75 Å². The summed E-state index contributed by atoms with van der Waals surface area (Å²) in [5, 5.41) is 13.3. The smallest absolute Gasteiger partial charge is 0.223 e. The van der Waals surface area contributed by atoms with Gasteiger partial charge in [-0.3, -0.25) is 4.79 Å². The molecule has 1 aromatic carbocycles. The maximum absolute atomic E-state index is 12.3. The first kappa shape index (κ1) is 20.7. The molecule has 5 nitrogen and oxygen atoms in total. The van der Waals surface area contributed by atoms with E-state index in [1.807, 2.05) is 24.3 Å². The van der Waals surface area contributed by atoms with Gasteiger partial charge in [-0.1, -0.05) is 44.2 Å². The van der Waals surface area contributed by atoms with E-state index >= 15 is 0 Å². The van der Waals surface area contributed by atoms with Crippen LogP contribution in [0, 0.1) is 11.8 Å². The van der Waals surface area contributed by atoms with Gasteiger partial charge in [0.05, 0.1) is 13.2 Å². The van der Waals surface area contributed by atoms with Crippen molar-refractivity contribution in [3.05, 3.63) is 29.8 Å². The number of carbonyl (C=O) groups is 1. The average molecular weight is 363 g/mol. The Hall–Kier alpha value is -1.59. The highest BCUT2D eigenvalue weighted by atomic mass is 16.5. The number of ether oxygens (including phenoxy) is 1. The molecule has 0 bridgehead atoms. The number of carbonyl (C=O) groups excluding carboxylic acids is 1. The standard InChI is InChI=1S/C21H34N2O3/c1-23-21(25)17(12-16-8-10-18(26-2)11-9-16)14-20(24)19(22)13-15-6-4-3-5-7-15/h8-11,15,17,19-20,24H,3-7,12-14,22H2,1-2H3,(H,23,25)/t17-,19+,20+/m1/s1. The molecule has 0 aromatic heterocycles. The first-order chi connectivity index (χ1) is 12.5. The number of amides is 1. The molecule has 146 valence electrons. The fourth-order valence-corrected chi connectivity index (χ4v) is 3.96. The van der Waals surface area contributed by atoms with Gasteiger partial charge in [0.15, 0.2) is 0 Å². The van der Waals surface area contributed by atoms with Crippen LogP contribution in [0.1, 0.15) is 50.5 Å². The molecule has 1 saturated carbocycles. The van der Waals surface area contributed by atoms with E-state index in [2.05, 4.69) is 5.32 Å². The third-order valence-corrected chi connectivity index (χ3v) is 5.61. The maximum atomic E-state index is 12.3. The topological polar surface area (TPSA) is 84.6 Å². The van der Waals surface area contributed by atoms with Crippen LogP contribution in [-0.2, 0) is 11.2 Å². The van der Waals surface area contributed by atoms with Crippen LogP contribution in [0.4, 0.5) is 0 Å². The largest absolute Gasteiger partial charge is 0.497 e. The number of nitrogens with one attached hydrogen (secondary N) is 1. The van der Waals surface area contributed by atoms with E-state index in [1.165, 1.54) is 32.1 Å². The van der Waals surface area contributed by atoms with Gasteiger partial charge < -0.3 is 20.9 Å². The van der Waals surface area contributed by atoms with Gasteiger partial charge in [0, 0.05) is 19.0 Å². The summed E-state index contributed by atoms with van der Waals surface area (Å²) in [5.74, 6) is 1.07. The lowest BCUT2D eigenvalue weighted by atomic mass is 9.82. The van der Waals surface area contributed by atoms with Crippen molar-refractivity contribution in [2.75, 3.05) is 14.2 Å². The number of methoxy groups -OCH3 is 1.